The van der Waals surface area contributed by atoms with Crippen LogP contribution in [0.25, 0.3) is 10.4 Å². The summed E-state index contributed by atoms with van der Waals surface area (Å²) >= 11 is 1.75. The van der Waals surface area contributed by atoms with Gasteiger partial charge in [-0.3, -0.25) is 0 Å². The van der Waals surface area contributed by atoms with Crippen molar-refractivity contribution in [2.24, 2.45) is 0 Å². The molecule has 0 bridgehead atoms. The fourth-order valence-corrected chi connectivity index (χ4v) is 3.01. The van der Waals surface area contributed by atoms with Gasteiger partial charge in [0.25, 0.3) is 0 Å². The summed E-state index contributed by atoms with van der Waals surface area (Å²) in [7, 11) is 0. The zero-order valence-corrected chi connectivity index (χ0v) is 10.1. The minimum absolute atomic E-state index is 0.981. The molecular weight excluding hydrogens is 216 g/mol. The number of benzene rings is 1. The van der Waals surface area contributed by atoms with E-state index in [2.05, 4.69) is 35.4 Å². The van der Waals surface area contributed by atoms with Crippen LogP contribution in [0.4, 0.5) is 5.69 Å². The fraction of sp³-hybridized carbons (Fsp3) is 0.308. The molecule has 0 fully saturated rings. The van der Waals surface area contributed by atoms with Gasteiger partial charge in [0, 0.05) is 24.2 Å². The molecule has 16 heavy (non-hydrogen) atoms. The number of rotatable bonds is 1. The molecule has 1 aromatic heterocycles. The van der Waals surface area contributed by atoms with Crippen LogP contribution < -0.4 is 5.32 Å². The van der Waals surface area contributed by atoms with Gasteiger partial charge in [-0.1, -0.05) is 13.0 Å². The van der Waals surface area contributed by atoms with Crippen LogP contribution >= 0.6 is 11.3 Å². The number of fused-ring (bicyclic) bond motifs is 3. The Morgan fingerprint density at radius 3 is 3.25 bits per heavy atom. The molecule has 0 atom stereocenters. The summed E-state index contributed by atoms with van der Waals surface area (Å²) in [5.41, 5.74) is 7.17. The monoisotopic (exact) mass is 230 g/mol. The van der Waals surface area contributed by atoms with Crippen molar-refractivity contribution < 1.29 is 0 Å². The summed E-state index contributed by atoms with van der Waals surface area (Å²) in [6.07, 6.45) is 2.11. The van der Waals surface area contributed by atoms with E-state index in [1.165, 1.54) is 27.4 Å². The number of aromatic nitrogens is 1. The standard InChI is InChI=1S/C13H14N2S/c1-2-9-3-4-11-10(7-9)13-12(5-6-14-11)15-8-16-13/h3-4,7-8,14H,2,5-6H2,1H3. The Morgan fingerprint density at radius 2 is 2.38 bits per heavy atom. The third kappa shape index (κ3) is 1.52. The van der Waals surface area contributed by atoms with E-state index >= 15 is 0 Å². The van der Waals surface area contributed by atoms with Crippen LogP contribution in [0, 0.1) is 0 Å². The Labute approximate surface area is 99.4 Å². The van der Waals surface area contributed by atoms with Gasteiger partial charge in [-0.25, -0.2) is 4.98 Å². The normalized spacial score (nSPS) is 13.6. The van der Waals surface area contributed by atoms with Crippen LogP contribution in [0.2, 0.25) is 0 Å². The third-order valence-corrected chi connectivity index (χ3v) is 3.96. The molecular formula is C13H14N2S. The van der Waals surface area contributed by atoms with Crippen LogP contribution in [-0.4, -0.2) is 11.5 Å². The highest BCUT2D eigenvalue weighted by Crippen LogP contribution is 2.36. The lowest BCUT2D eigenvalue weighted by Crippen LogP contribution is -2.02. The molecule has 3 rings (SSSR count). The zero-order valence-electron chi connectivity index (χ0n) is 9.29. The molecule has 82 valence electrons. The molecule has 0 aliphatic carbocycles. The van der Waals surface area contributed by atoms with Gasteiger partial charge in [-0.05, 0) is 24.1 Å². The summed E-state index contributed by atoms with van der Waals surface area (Å²) in [6, 6.07) is 6.70. The van der Waals surface area contributed by atoms with E-state index in [1.54, 1.807) is 11.3 Å². The Balaban J connectivity index is 2.21. The van der Waals surface area contributed by atoms with Crippen LogP contribution in [0.15, 0.2) is 23.7 Å². The lowest BCUT2D eigenvalue weighted by molar-refractivity contribution is 0.990. The molecule has 1 aromatic carbocycles. The predicted octanol–water partition coefficient (Wildman–Crippen LogP) is 3.34. The number of aryl methyl sites for hydroxylation is 1. The molecule has 1 N–H and O–H groups in total. The molecule has 1 aliphatic heterocycles. The third-order valence-electron chi connectivity index (χ3n) is 3.06. The van der Waals surface area contributed by atoms with E-state index in [-0.39, 0.29) is 0 Å². The second kappa shape index (κ2) is 3.91. The molecule has 2 nitrogen and oxygen atoms in total. The summed E-state index contributed by atoms with van der Waals surface area (Å²) in [4.78, 5) is 5.79. The van der Waals surface area contributed by atoms with Gasteiger partial charge >= 0.3 is 0 Å². The fourth-order valence-electron chi connectivity index (χ4n) is 2.14. The summed E-state index contributed by atoms with van der Waals surface area (Å²) in [5, 5.41) is 3.48. The highest BCUT2D eigenvalue weighted by atomic mass is 32.1. The first-order chi connectivity index (χ1) is 7.88. The zero-order chi connectivity index (χ0) is 11.0. The van der Waals surface area contributed by atoms with Crippen molar-refractivity contribution in [3.8, 4) is 10.4 Å². The second-order valence-corrected chi connectivity index (χ2v) is 4.89. The molecule has 2 aromatic rings. The molecule has 1 aliphatic rings. The maximum atomic E-state index is 4.45. The van der Waals surface area contributed by atoms with Crippen molar-refractivity contribution in [2.45, 2.75) is 19.8 Å². The summed E-state index contributed by atoms with van der Waals surface area (Å²) in [5.74, 6) is 0. The number of nitrogens with one attached hydrogen (secondary N) is 1. The van der Waals surface area contributed by atoms with E-state index < -0.39 is 0 Å². The summed E-state index contributed by atoms with van der Waals surface area (Å²) < 4.78 is 0. The Kier molecular flexibility index (Phi) is 2.40. The minimum atomic E-state index is 0.981. The lowest BCUT2D eigenvalue weighted by atomic mass is 10.0. The number of thiazole rings is 1. The van der Waals surface area contributed by atoms with E-state index in [0.29, 0.717) is 0 Å². The van der Waals surface area contributed by atoms with Crippen molar-refractivity contribution in [2.75, 3.05) is 11.9 Å². The van der Waals surface area contributed by atoms with Crippen molar-refractivity contribution >= 4 is 17.0 Å². The SMILES string of the molecule is CCc1ccc2c(c1)-c1scnc1CCN2. The molecule has 0 radical (unpaired) electrons. The van der Waals surface area contributed by atoms with Gasteiger partial charge in [0.1, 0.15) is 0 Å². The molecule has 0 spiro atoms. The van der Waals surface area contributed by atoms with Crippen molar-refractivity contribution in [1.82, 2.24) is 4.98 Å². The summed E-state index contributed by atoms with van der Waals surface area (Å²) in [6.45, 7) is 3.18. The lowest BCUT2D eigenvalue weighted by Gasteiger charge is -2.08. The first kappa shape index (κ1) is 9.85. The molecule has 0 saturated heterocycles. The van der Waals surface area contributed by atoms with E-state index in [4.69, 9.17) is 0 Å². The molecule has 0 saturated carbocycles. The molecule has 0 unspecified atom stereocenters. The maximum absolute atomic E-state index is 4.45. The largest absolute Gasteiger partial charge is 0.384 e. The van der Waals surface area contributed by atoms with Crippen molar-refractivity contribution in [3.05, 3.63) is 35.0 Å². The molecule has 2 heterocycles. The topological polar surface area (TPSA) is 24.9 Å². The van der Waals surface area contributed by atoms with E-state index in [9.17, 15) is 0 Å². The van der Waals surface area contributed by atoms with Crippen LogP contribution in [0.3, 0.4) is 0 Å². The first-order valence-corrected chi connectivity index (χ1v) is 6.56. The van der Waals surface area contributed by atoms with Crippen LogP contribution in [0.1, 0.15) is 18.2 Å². The Bertz CT molecular complexity index is 516. The minimum Gasteiger partial charge on any atom is -0.384 e. The van der Waals surface area contributed by atoms with Crippen molar-refractivity contribution in [3.63, 3.8) is 0 Å². The van der Waals surface area contributed by atoms with Crippen LogP contribution in [0.5, 0.6) is 0 Å². The molecule has 0 amide bonds. The van der Waals surface area contributed by atoms with Gasteiger partial charge in [0.15, 0.2) is 0 Å². The van der Waals surface area contributed by atoms with Crippen molar-refractivity contribution in [1.29, 1.82) is 0 Å². The Morgan fingerprint density at radius 1 is 1.44 bits per heavy atom. The maximum Gasteiger partial charge on any atom is 0.0801 e. The van der Waals surface area contributed by atoms with E-state index in [1.807, 2.05) is 5.51 Å². The molecule has 3 heteroatoms. The highest BCUT2D eigenvalue weighted by Gasteiger charge is 2.16. The second-order valence-electron chi connectivity index (χ2n) is 4.04. The van der Waals surface area contributed by atoms with Gasteiger partial charge in [-0.2, -0.15) is 0 Å². The smallest absolute Gasteiger partial charge is 0.0801 e. The number of hydrogen-bond donors (Lipinski definition) is 1. The average molecular weight is 230 g/mol. The quantitative estimate of drug-likeness (QED) is 0.812. The average Bonchev–Trinajstić information content (AvgIpc) is 2.71. The highest BCUT2D eigenvalue weighted by molar-refractivity contribution is 7.13. The van der Waals surface area contributed by atoms with E-state index in [0.717, 1.165) is 19.4 Å². The number of hydrogen-bond acceptors (Lipinski definition) is 3. The van der Waals surface area contributed by atoms with Gasteiger partial charge in [0.05, 0.1) is 16.1 Å². The number of anilines is 1. The van der Waals surface area contributed by atoms with Gasteiger partial charge in [0.2, 0.25) is 0 Å². The van der Waals surface area contributed by atoms with Crippen LogP contribution in [-0.2, 0) is 12.8 Å². The number of nitrogens with zero attached hydrogens (tertiary/aromatic N) is 1. The first-order valence-electron chi connectivity index (χ1n) is 5.68. The Hall–Kier alpha value is -1.35. The van der Waals surface area contributed by atoms with Gasteiger partial charge < -0.3 is 5.32 Å². The predicted molar refractivity (Wildman–Crippen MR) is 69.1 cm³/mol. The van der Waals surface area contributed by atoms with Gasteiger partial charge in [-0.15, -0.1) is 11.3 Å².